The summed E-state index contributed by atoms with van der Waals surface area (Å²) >= 11 is 7.25. The number of nitrogens with one attached hydrogen (secondary N) is 4. The van der Waals surface area contributed by atoms with Crippen LogP contribution in [0.1, 0.15) is 79.5 Å². The Balaban J connectivity index is 1.32. The Morgan fingerprint density at radius 2 is 1.80 bits per heavy atom. The smallest absolute Gasteiger partial charge is 0.421 e. The van der Waals surface area contributed by atoms with Crippen LogP contribution >= 0.6 is 11.6 Å². The SMILES string of the molecule is COC1=C(CNC(=O)OC(C)(C)C)C=C(Cl)C(c2ccncc2)(c2cccc3c2CC[C@@H]3Oc2nc(OC)c(CNC[C@@H]3CCC(=O)N3)cc2C(F)(F)F)N1. The van der Waals surface area contributed by atoms with Crippen LogP contribution in [0.5, 0.6) is 11.8 Å². The van der Waals surface area contributed by atoms with Gasteiger partial charge in [0.05, 0.1) is 25.8 Å². The minimum atomic E-state index is -4.78. The van der Waals surface area contributed by atoms with E-state index in [4.69, 9.17) is 30.5 Å². The van der Waals surface area contributed by atoms with Crippen LogP contribution in [0.4, 0.5) is 18.0 Å². The van der Waals surface area contributed by atoms with Gasteiger partial charge in [-0.15, -0.1) is 0 Å². The molecular weight excluding hydrogens is 741 g/mol. The van der Waals surface area contributed by atoms with Crippen molar-refractivity contribution in [3.8, 4) is 11.8 Å². The van der Waals surface area contributed by atoms with Gasteiger partial charge in [-0.1, -0.05) is 29.8 Å². The largest absolute Gasteiger partial charge is 0.482 e. The second-order valence-corrected chi connectivity index (χ2v) is 14.9. The van der Waals surface area contributed by atoms with E-state index in [1.807, 2.05) is 24.3 Å². The van der Waals surface area contributed by atoms with Gasteiger partial charge in [0.1, 0.15) is 22.8 Å². The third kappa shape index (κ3) is 8.62. The Hall–Kier alpha value is -5.02. The number of alkyl carbamates (subject to hydrolysis) is 1. The third-order valence-corrected chi connectivity index (χ3v) is 9.97. The molecule has 2 aliphatic heterocycles. The van der Waals surface area contributed by atoms with Gasteiger partial charge in [0.25, 0.3) is 0 Å². The second-order valence-electron chi connectivity index (χ2n) is 14.5. The molecule has 2 amide bonds. The van der Waals surface area contributed by atoms with Crippen molar-refractivity contribution in [2.24, 2.45) is 0 Å². The van der Waals surface area contributed by atoms with Crippen LogP contribution in [0.3, 0.4) is 0 Å². The van der Waals surface area contributed by atoms with Gasteiger partial charge < -0.3 is 40.2 Å². The molecule has 1 aliphatic carbocycles. The van der Waals surface area contributed by atoms with Crippen LogP contribution in [0.2, 0.25) is 0 Å². The van der Waals surface area contributed by atoms with E-state index in [1.165, 1.54) is 14.2 Å². The standard InChI is InChI=1S/C39H44ClF3N6O6/c1-37(2,3)55-36(51)46-20-23-18-31(40)38(49-34(23)53-5,24-13-15-44-16-14-24)28-8-6-7-27-26(28)10-11-30(27)54-35-29(39(41,42)43)17-22(33(48-35)52-4)19-45-21-25-9-12-32(50)47-25/h6-8,13-18,25,30,45,49H,9-12,19-21H2,1-5H3,(H,46,51)(H,47,50)/t25-,30-,38?/m0/s1. The Labute approximate surface area is 322 Å². The normalized spacial score (nSPS) is 21.0. The number of aromatic nitrogens is 2. The summed E-state index contributed by atoms with van der Waals surface area (Å²) in [6.45, 7) is 5.77. The van der Waals surface area contributed by atoms with Crippen LogP contribution in [0.25, 0.3) is 0 Å². The summed E-state index contributed by atoms with van der Waals surface area (Å²) in [5.41, 5.74) is 0.789. The van der Waals surface area contributed by atoms with Crippen molar-refractivity contribution in [1.29, 1.82) is 0 Å². The van der Waals surface area contributed by atoms with E-state index in [2.05, 4.69) is 31.2 Å². The van der Waals surface area contributed by atoms with Crippen molar-refractivity contribution in [3.05, 3.63) is 105 Å². The lowest BCUT2D eigenvalue weighted by atomic mass is 9.77. The average Bonchev–Trinajstić information content (AvgIpc) is 3.75. The molecule has 1 unspecified atom stereocenters. The predicted octanol–water partition coefficient (Wildman–Crippen LogP) is 6.29. The summed E-state index contributed by atoms with van der Waals surface area (Å²) < 4.78 is 66.6. The minimum absolute atomic E-state index is 0.00580. The number of alkyl halides is 3. The molecule has 55 heavy (non-hydrogen) atoms. The maximum Gasteiger partial charge on any atom is 0.421 e. The zero-order valence-electron chi connectivity index (χ0n) is 31.2. The molecule has 3 aromatic rings. The quantitative estimate of drug-likeness (QED) is 0.165. The van der Waals surface area contributed by atoms with Gasteiger partial charge in [0, 0.05) is 49.1 Å². The van der Waals surface area contributed by atoms with Crippen molar-refractivity contribution >= 4 is 23.6 Å². The Bertz CT molecular complexity index is 1990. The maximum absolute atomic E-state index is 14.6. The van der Waals surface area contributed by atoms with Crippen molar-refractivity contribution < 1.29 is 41.7 Å². The number of benzene rings is 1. The number of pyridine rings is 2. The molecule has 0 bridgehead atoms. The Kier molecular flexibility index (Phi) is 11.5. The van der Waals surface area contributed by atoms with Crippen LogP contribution in [0, 0.1) is 0 Å². The van der Waals surface area contributed by atoms with Gasteiger partial charge in [-0.25, -0.2) is 4.79 Å². The van der Waals surface area contributed by atoms with E-state index < -0.39 is 41.0 Å². The molecule has 16 heteroatoms. The molecule has 4 heterocycles. The fourth-order valence-corrected chi connectivity index (χ4v) is 7.54. The molecule has 0 radical (unpaired) electrons. The number of carbonyl (C=O) groups excluding carboxylic acids is 2. The molecule has 0 saturated carbocycles. The summed E-state index contributed by atoms with van der Waals surface area (Å²) in [4.78, 5) is 32.5. The molecule has 4 N–H and O–H groups in total. The summed E-state index contributed by atoms with van der Waals surface area (Å²) in [5, 5.41) is 12.5. The van der Waals surface area contributed by atoms with Crippen LogP contribution in [-0.2, 0) is 38.9 Å². The number of hydrogen-bond donors (Lipinski definition) is 4. The molecule has 3 atom stereocenters. The molecule has 1 fully saturated rings. The lowest BCUT2D eigenvalue weighted by Gasteiger charge is -2.41. The molecule has 6 rings (SSSR count). The maximum atomic E-state index is 14.6. The van der Waals surface area contributed by atoms with Gasteiger partial charge in [-0.2, -0.15) is 18.2 Å². The average molecular weight is 785 g/mol. The predicted molar refractivity (Wildman–Crippen MR) is 197 cm³/mol. The van der Waals surface area contributed by atoms with Crippen LogP contribution in [0.15, 0.2) is 71.4 Å². The van der Waals surface area contributed by atoms with Gasteiger partial charge >= 0.3 is 12.3 Å². The highest BCUT2D eigenvalue weighted by Crippen LogP contribution is 2.49. The Morgan fingerprint density at radius 3 is 2.45 bits per heavy atom. The monoisotopic (exact) mass is 784 g/mol. The van der Waals surface area contributed by atoms with E-state index >= 15 is 0 Å². The molecule has 2 aromatic heterocycles. The molecule has 294 valence electrons. The number of dihydropyridines is 1. The summed E-state index contributed by atoms with van der Waals surface area (Å²) in [5.74, 6) is -0.309. The number of rotatable bonds is 12. The van der Waals surface area contributed by atoms with E-state index in [-0.39, 0.29) is 36.5 Å². The second kappa shape index (κ2) is 16.0. The topological polar surface area (TPSA) is 145 Å². The van der Waals surface area contributed by atoms with Crippen LogP contribution in [-0.4, -0.2) is 60.9 Å². The number of ether oxygens (including phenoxy) is 4. The van der Waals surface area contributed by atoms with Gasteiger partial charge in [0.2, 0.25) is 17.7 Å². The van der Waals surface area contributed by atoms with Gasteiger partial charge in [0.15, 0.2) is 5.88 Å². The van der Waals surface area contributed by atoms with E-state index in [1.54, 1.807) is 45.3 Å². The van der Waals surface area contributed by atoms with E-state index in [0.29, 0.717) is 54.3 Å². The number of methoxy groups -OCH3 is 2. The molecule has 3 aliphatic rings. The summed E-state index contributed by atoms with van der Waals surface area (Å²) in [6, 6.07) is 10.1. The number of nitrogens with zero attached hydrogens (tertiary/aromatic N) is 2. The molecule has 0 spiro atoms. The lowest BCUT2D eigenvalue weighted by molar-refractivity contribution is -0.139. The lowest BCUT2D eigenvalue weighted by Crippen LogP contribution is -2.47. The first-order valence-electron chi connectivity index (χ1n) is 17.9. The molecule has 12 nitrogen and oxygen atoms in total. The summed E-state index contributed by atoms with van der Waals surface area (Å²) in [6.07, 6.45) is 0.697. The highest BCUT2D eigenvalue weighted by atomic mass is 35.5. The van der Waals surface area contributed by atoms with Gasteiger partial charge in [-0.05, 0) is 86.6 Å². The number of fused-ring (bicyclic) bond motifs is 1. The first-order chi connectivity index (χ1) is 26.1. The van der Waals surface area contributed by atoms with E-state index in [9.17, 15) is 22.8 Å². The van der Waals surface area contributed by atoms with Crippen molar-refractivity contribution in [2.45, 2.75) is 82.5 Å². The zero-order chi connectivity index (χ0) is 39.5. The minimum Gasteiger partial charge on any atom is -0.482 e. The van der Waals surface area contributed by atoms with E-state index in [0.717, 1.165) is 22.8 Å². The van der Waals surface area contributed by atoms with Gasteiger partial charge in [-0.3, -0.25) is 9.78 Å². The number of carbonyl (C=O) groups is 2. The third-order valence-electron chi connectivity index (χ3n) is 9.58. The van der Waals surface area contributed by atoms with Crippen LogP contribution < -0.4 is 30.7 Å². The van der Waals surface area contributed by atoms with Crippen molar-refractivity contribution in [3.63, 3.8) is 0 Å². The fourth-order valence-electron chi connectivity index (χ4n) is 7.15. The molecule has 1 saturated heterocycles. The number of hydrogen-bond acceptors (Lipinski definition) is 10. The zero-order valence-corrected chi connectivity index (χ0v) is 31.9. The summed E-state index contributed by atoms with van der Waals surface area (Å²) in [7, 11) is 2.83. The first kappa shape index (κ1) is 39.7. The first-order valence-corrected chi connectivity index (χ1v) is 18.2. The van der Waals surface area contributed by atoms with Crippen molar-refractivity contribution in [1.82, 2.24) is 31.2 Å². The number of halogens is 4. The van der Waals surface area contributed by atoms with Crippen molar-refractivity contribution in [2.75, 3.05) is 27.3 Å². The fraction of sp³-hybridized carbons (Fsp3) is 0.436. The molecular formula is C39H44ClF3N6O6. The highest BCUT2D eigenvalue weighted by molar-refractivity contribution is 6.31. The number of amides is 2. The molecule has 1 aromatic carbocycles. The highest BCUT2D eigenvalue weighted by Gasteiger charge is 2.45. The Morgan fingerprint density at radius 1 is 1.04 bits per heavy atom.